The number of phenolic OH excluding ortho intramolecular Hbond substituents is 6. The van der Waals surface area contributed by atoms with Gasteiger partial charge in [0.1, 0.15) is 11.5 Å². The molecule has 0 radical (unpaired) electrons. The highest BCUT2D eigenvalue weighted by atomic mass is 16.3. The van der Waals surface area contributed by atoms with Gasteiger partial charge in [0, 0.05) is 51.0 Å². The fourth-order valence-corrected chi connectivity index (χ4v) is 6.09. The van der Waals surface area contributed by atoms with E-state index in [1.807, 2.05) is 27.7 Å². The summed E-state index contributed by atoms with van der Waals surface area (Å²) in [5.74, 6) is -3.05. The van der Waals surface area contributed by atoms with Crippen molar-refractivity contribution in [3.8, 4) is 45.6 Å². The van der Waals surface area contributed by atoms with Crippen LogP contribution in [0.4, 0.5) is 0 Å². The van der Waals surface area contributed by atoms with Gasteiger partial charge >= 0.3 is 0 Å². The average Bonchev–Trinajstić information content (AvgIpc) is 2.98. The fourth-order valence-electron chi connectivity index (χ4n) is 6.09. The summed E-state index contributed by atoms with van der Waals surface area (Å²) in [7, 11) is 0. The number of hydrogen-bond donors (Lipinski definition) is 7. The third kappa shape index (κ3) is 5.08. The van der Waals surface area contributed by atoms with E-state index in [1.54, 1.807) is 26.0 Å². The molecule has 0 bridgehead atoms. The van der Waals surface area contributed by atoms with Crippen LogP contribution in [0.5, 0.6) is 34.5 Å². The van der Waals surface area contributed by atoms with Crippen molar-refractivity contribution in [1.82, 2.24) is 10.4 Å². The Labute approximate surface area is 259 Å². The fraction of sp³-hybridized carbons (Fsp3) is 0.229. The molecule has 0 aliphatic rings. The van der Waals surface area contributed by atoms with Gasteiger partial charge in [-0.15, -0.1) is 0 Å². The summed E-state index contributed by atoms with van der Waals surface area (Å²) in [6, 6.07) is 7.83. The number of hydrogen-bond acceptors (Lipinski definition) is 9. The van der Waals surface area contributed by atoms with Crippen molar-refractivity contribution >= 4 is 33.7 Å². The Morgan fingerprint density at radius 3 is 1.89 bits per heavy atom. The maximum Gasteiger partial charge on any atom is 0.271 e. The second kappa shape index (κ2) is 11.5. The quantitative estimate of drug-likeness (QED) is 0.0617. The summed E-state index contributed by atoms with van der Waals surface area (Å²) < 4.78 is 0. The average molecular weight is 610 g/mol. The van der Waals surface area contributed by atoms with Gasteiger partial charge in [-0.2, -0.15) is 5.10 Å². The lowest BCUT2D eigenvalue weighted by atomic mass is 9.84. The van der Waals surface area contributed by atoms with Crippen LogP contribution >= 0.6 is 0 Å². The molecule has 10 heteroatoms. The van der Waals surface area contributed by atoms with Crippen molar-refractivity contribution in [2.24, 2.45) is 5.10 Å². The topological polar surface area (TPSA) is 176 Å². The van der Waals surface area contributed by atoms with Gasteiger partial charge in [0.25, 0.3) is 5.91 Å². The minimum absolute atomic E-state index is 0.0525. The van der Waals surface area contributed by atoms with Gasteiger partial charge in [-0.05, 0) is 65.8 Å². The summed E-state index contributed by atoms with van der Waals surface area (Å²) in [5.41, 5.74) is 5.18. The van der Waals surface area contributed by atoms with Gasteiger partial charge in [-0.3, -0.25) is 9.78 Å². The number of aryl methyl sites for hydroxylation is 2. The SMILES string of the molecule is Cc1cc2c(C(C)C)c(O)c(O)cc2c(O)c1-c1c(C)cc2c(C(C)C)c(O)c(O)c(/C=N/NC(=O)c3ccncc3)c2c1O. The molecule has 4 aromatic carbocycles. The third-order valence-corrected chi connectivity index (χ3v) is 8.11. The Morgan fingerprint density at radius 1 is 0.733 bits per heavy atom. The first-order valence-corrected chi connectivity index (χ1v) is 14.4. The molecular formula is C35H35N3O7. The summed E-state index contributed by atoms with van der Waals surface area (Å²) in [6.07, 6.45) is 4.06. The molecule has 0 saturated carbocycles. The molecule has 10 nitrogen and oxygen atoms in total. The van der Waals surface area contributed by atoms with E-state index < -0.39 is 11.7 Å². The molecular weight excluding hydrogens is 574 g/mol. The molecule has 232 valence electrons. The zero-order valence-corrected chi connectivity index (χ0v) is 25.8. The summed E-state index contributed by atoms with van der Waals surface area (Å²) in [4.78, 5) is 16.4. The molecule has 45 heavy (non-hydrogen) atoms. The van der Waals surface area contributed by atoms with Gasteiger partial charge in [0.15, 0.2) is 23.0 Å². The predicted molar refractivity (Wildman–Crippen MR) is 174 cm³/mol. The first-order valence-electron chi connectivity index (χ1n) is 14.4. The molecule has 7 N–H and O–H groups in total. The Hall–Kier alpha value is -5.51. The number of fused-ring (bicyclic) bond motifs is 2. The minimum atomic E-state index is -0.542. The number of carbonyl (C=O) groups is 1. The van der Waals surface area contributed by atoms with Crippen molar-refractivity contribution in [3.05, 3.63) is 76.1 Å². The maximum atomic E-state index is 12.6. The second-order valence-corrected chi connectivity index (χ2v) is 11.8. The van der Waals surface area contributed by atoms with Gasteiger partial charge in [-0.25, -0.2) is 5.43 Å². The predicted octanol–water partition coefficient (Wildman–Crippen LogP) is 6.92. The molecule has 1 aromatic heterocycles. The number of benzene rings is 4. The Balaban J connectivity index is 1.81. The van der Waals surface area contributed by atoms with E-state index in [9.17, 15) is 35.4 Å². The Morgan fingerprint density at radius 2 is 1.29 bits per heavy atom. The van der Waals surface area contributed by atoms with Crippen molar-refractivity contribution in [2.75, 3.05) is 0 Å². The number of amides is 1. The lowest BCUT2D eigenvalue weighted by Gasteiger charge is -2.22. The van der Waals surface area contributed by atoms with Crippen LogP contribution in [-0.4, -0.2) is 47.7 Å². The number of hydrazone groups is 1. The van der Waals surface area contributed by atoms with Crippen molar-refractivity contribution in [1.29, 1.82) is 0 Å². The van der Waals surface area contributed by atoms with E-state index >= 15 is 0 Å². The maximum absolute atomic E-state index is 12.6. The van der Waals surface area contributed by atoms with E-state index in [1.165, 1.54) is 30.6 Å². The molecule has 1 heterocycles. The van der Waals surface area contributed by atoms with Crippen LogP contribution in [0, 0.1) is 13.8 Å². The van der Waals surface area contributed by atoms with Crippen molar-refractivity contribution in [3.63, 3.8) is 0 Å². The highest BCUT2D eigenvalue weighted by molar-refractivity contribution is 6.13. The molecule has 0 aliphatic carbocycles. The Bertz CT molecular complexity index is 2030. The summed E-state index contributed by atoms with van der Waals surface area (Å²) in [5, 5.41) is 72.4. The second-order valence-electron chi connectivity index (χ2n) is 11.8. The normalized spacial score (nSPS) is 11.8. The number of aromatic nitrogens is 1. The largest absolute Gasteiger partial charge is 0.507 e. The first-order chi connectivity index (χ1) is 21.3. The Kier molecular flexibility index (Phi) is 7.93. The van der Waals surface area contributed by atoms with Gasteiger partial charge in [-0.1, -0.05) is 39.8 Å². The molecule has 5 aromatic rings. The summed E-state index contributed by atoms with van der Waals surface area (Å²) in [6.45, 7) is 10.9. The minimum Gasteiger partial charge on any atom is -0.507 e. The van der Waals surface area contributed by atoms with Gasteiger partial charge in [0.05, 0.1) is 11.8 Å². The standard InChI is InChI=1S/C35H35N3O7/c1-15(2)25-20-11-17(5)27(30(40)21(20)13-24(39)32(25)42)28-18(6)12-22-26(16(3)4)34(44)31(41)23(29(22)33(28)43)14-37-38-35(45)19-7-9-36-10-8-19/h7-16,39-44H,1-6H3,(H,38,45)/b37-14+. The number of nitrogens with zero attached hydrogens (tertiary/aromatic N) is 2. The number of aromatic hydroxyl groups is 6. The molecule has 5 rings (SSSR count). The number of phenols is 6. The van der Waals surface area contributed by atoms with E-state index in [4.69, 9.17) is 0 Å². The molecule has 0 fully saturated rings. The van der Waals surface area contributed by atoms with Gasteiger partial charge in [0.2, 0.25) is 0 Å². The van der Waals surface area contributed by atoms with Crippen LogP contribution in [-0.2, 0) is 0 Å². The number of pyridine rings is 1. The molecule has 1 amide bonds. The van der Waals surface area contributed by atoms with Gasteiger partial charge < -0.3 is 30.6 Å². The van der Waals surface area contributed by atoms with E-state index in [0.29, 0.717) is 38.6 Å². The summed E-state index contributed by atoms with van der Waals surface area (Å²) >= 11 is 0. The van der Waals surface area contributed by atoms with Crippen LogP contribution in [0.2, 0.25) is 0 Å². The van der Waals surface area contributed by atoms with Crippen molar-refractivity contribution in [2.45, 2.75) is 53.4 Å². The van der Waals surface area contributed by atoms with Crippen LogP contribution in [0.15, 0.2) is 47.8 Å². The third-order valence-electron chi connectivity index (χ3n) is 8.11. The van der Waals surface area contributed by atoms with Crippen LogP contribution in [0.3, 0.4) is 0 Å². The smallest absolute Gasteiger partial charge is 0.271 e. The first kappa shape index (κ1) is 30.9. The van der Waals surface area contributed by atoms with E-state index in [0.717, 1.165) is 6.21 Å². The number of rotatable bonds is 6. The number of nitrogens with one attached hydrogen (secondary N) is 1. The van der Waals surface area contributed by atoms with Crippen LogP contribution in [0.1, 0.15) is 77.7 Å². The van der Waals surface area contributed by atoms with E-state index in [-0.39, 0.29) is 68.0 Å². The van der Waals surface area contributed by atoms with Crippen molar-refractivity contribution < 1.29 is 35.4 Å². The highest BCUT2D eigenvalue weighted by Gasteiger charge is 2.28. The molecule has 0 spiro atoms. The molecule has 0 atom stereocenters. The van der Waals surface area contributed by atoms with Crippen LogP contribution < -0.4 is 5.43 Å². The lowest BCUT2D eigenvalue weighted by Crippen LogP contribution is -2.17. The molecule has 0 unspecified atom stereocenters. The zero-order chi connectivity index (χ0) is 32.9. The van der Waals surface area contributed by atoms with Crippen LogP contribution in [0.25, 0.3) is 32.7 Å². The monoisotopic (exact) mass is 609 g/mol. The zero-order valence-electron chi connectivity index (χ0n) is 25.8. The lowest BCUT2D eigenvalue weighted by molar-refractivity contribution is 0.0955. The van der Waals surface area contributed by atoms with E-state index in [2.05, 4.69) is 15.5 Å². The molecule has 0 saturated heterocycles. The molecule has 0 aliphatic heterocycles. The number of carbonyl (C=O) groups excluding carboxylic acids is 1. The highest BCUT2D eigenvalue weighted by Crippen LogP contribution is 2.53.